The van der Waals surface area contributed by atoms with Crippen LogP contribution < -0.4 is 5.32 Å². The lowest BCUT2D eigenvalue weighted by atomic mass is 9.85. The average Bonchev–Trinajstić information content (AvgIpc) is 2.29. The van der Waals surface area contributed by atoms with Crippen LogP contribution in [0.1, 0.15) is 19.4 Å². The zero-order chi connectivity index (χ0) is 12.2. The van der Waals surface area contributed by atoms with Crippen molar-refractivity contribution in [3.05, 3.63) is 29.8 Å². The van der Waals surface area contributed by atoms with E-state index in [1.54, 1.807) is 6.07 Å². The lowest BCUT2D eigenvalue weighted by Crippen LogP contribution is -2.22. The summed E-state index contributed by atoms with van der Waals surface area (Å²) >= 11 is 5.41. The highest BCUT2D eigenvalue weighted by atomic mass is 35.5. The molecule has 0 aromatic heterocycles. The Kier molecular flexibility index (Phi) is 4.33. The van der Waals surface area contributed by atoms with Crippen LogP contribution >= 0.6 is 11.6 Å². The molecular weight excluding hydrogens is 226 g/mol. The van der Waals surface area contributed by atoms with Crippen molar-refractivity contribution in [2.75, 3.05) is 17.8 Å². The Morgan fingerprint density at radius 1 is 1.50 bits per heavy atom. The summed E-state index contributed by atoms with van der Waals surface area (Å²) in [6.45, 7) is 3.94. The molecule has 1 aromatic rings. The van der Waals surface area contributed by atoms with Gasteiger partial charge in [-0.2, -0.15) is 0 Å². The number of anilines is 1. The molecule has 4 heteroatoms. The maximum absolute atomic E-state index is 11.1. The quantitative estimate of drug-likeness (QED) is 0.794. The molecule has 0 bridgehead atoms. The van der Waals surface area contributed by atoms with Crippen molar-refractivity contribution in [3.63, 3.8) is 0 Å². The largest absolute Gasteiger partial charge is 0.395 e. The Balaban J connectivity index is 2.91. The van der Waals surface area contributed by atoms with Gasteiger partial charge in [-0.15, -0.1) is 11.6 Å². The van der Waals surface area contributed by atoms with E-state index in [9.17, 15) is 9.90 Å². The second-order valence-corrected chi connectivity index (χ2v) is 4.57. The van der Waals surface area contributed by atoms with Crippen molar-refractivity contribution in [2.24, 2.45) is 0 Å². The predicted octanol–water partition coefficient (Wildman–Crippen LogP) is 2.13. The van der Waals surface area contributed by atoms with Crippen LogP contribution in [-0.4, -0.2) is 23.5 Å². The molecular formula is C12H16ClNO2. The number of amides is 1. The van der Waals surface area contributed by atoms with E-state index in [4.69, 9.17) is 11.6 Å². The highest BCUT2D eigenvalue weighted by Gasteiger charge is 2.19. The molecule has 0 aliphatic carbocycles. The van der Waals surface area contributed by atoms with E-state index >= 15 is 0 Å². The van der Waals surface area contributed by atoms with Gasteiger partial charge in [-0.05, 0) is 17.7 Å². The third-order valence-corrected chi connectivity index (χ3v) is 2.69. The maximum Gasteiger partial charge on any atom is 0.239 e. The smallest absolute Gasteiger partial charge is 0.239 e. The number of rotatable bonds is 4. The van der Waals surface area contributed by atoms with Crippen molar-refractivity contribution in [3.8, 4) is 0 Å². The number of nitrogens with one attached hydrogen (secondary N) is 1. The van der Waals surface area contributed by atoms with Crippen LogP contribution in [0.25, 0.3) is 0 Å². The summed E-state index contributed by atoms with van der Waals surface area (Å²) in [6.07, 6.45) is 0. The van der Waals surface area contributed by atoms with Gasteiger partial charge in [0.2, 0.25) is 5.91 Å². The molecule has 0 aliphatic rings. The molecule has 1 rings (SSSR count). The van der Waals surface area contributed by atoms with Crippen LogP contribution in [0.4, 0.5) is 5.69 Å². The van der Waals surface area contributed by atoms with Gasteiger partial charge in [-0.1, -0.05) is 26.0 Å². The van der Waals surface area contributed by atoms with Gasteiger partial charge in [0.25, 0.3) is 0 Å². The second kappa shape index (κ2) is 5.32. The Morgan fingerprint density at radius 2 is 2.19 bits per heavy atom. The monoisotopic (exact) mass is 241 g/mol. The molecule has 0 aliphatic heterocycles. The summed E-state index contributed by atoms with van der Waals surface area (Å²) in [5.74, 6) is -0.297. The molecule has 0 saturated carbocycles. The molecule has 0 fully saturated rings. The van der Waals surface area contributed by atoms with Gasteiger partial charge in [0, 0.05) is 11.1 Å². The SMILES string of the molecule is CC(C)(CO)c1cccc(NC(=O)CCl)c1. The normalized spacial score (nSPS) is 11.2. The van der Waals surface area contributed by atoms with Gasteiger partial charge in [0.1, 0.15) is 5.88 Å². The lowest BCUT2D eigenvalue weighted by molar-refractivity contribution is -0.113. The number of halogens is 1. The first-order valence-corrected chi connectivity index (χ1v) is 5.60. The summed E-state index contributed by atoms with van der Waals surface area (Å²) in [5, 5.41) is 11.9. The van der Waals surface area contributed by atoms with Gasteiger partial charge < -0.3 is 10.4 Å². The summed E-state index contributed by atoms with van der Waals surface area (Å²) < 4.78 is 0. The summed E-state index contributed by atoms with van der Waals surface area (Å²) in [5.41, 5.74) is 1.36. The van der Waals surface area contributed by atoms with Crippen molar-refractivity contribution in [2.45, 2.75) is 19.3 Å². The second-order valence-electron chi connectivity index (χ2n) is 4.30. The maximum atomic E-state index is 11.1. The molecule has 1 amide bonds. The van der Waals surface area contributed by atoms with E-state index in [0.29, 0.717) is 5.69 Å². The number of aliphatic hydroxyl groups is 1. The fourth-order valence-corrected chi connectivity index (χ4v) is 1.37. The van der Waals surface area contributed by atoms with Crippen molar-refractivity contribution in [1.82, 2.24) is 0 Å². The Morgan fingerprint density at radius 3 is 2.75 bits per heavy atom. The van der Waals surface area contributed by atoms with Crippen LogP contribution in [0.5, 0.6) is 0 Å². The number of hydrogen-bond donors (Lipinski definition) is 2. The average molecular weight is 242 g/mol. The van der Waals surface area contributed by atoms with Crippen molar-refractivity contribution < 1.29 is 9.90 Å². The van der Waals surface area contributed by atoms with Crippen molar-refractivity contribution >= 4 is 23.2 Å². The minimum atomic E-state index is -0.318. The van der Waals surface area contributed by atoms with Crippen molar-refractivity contribution in [1.29, 1.82) is 0 Å². The van der Waals surface area contributed by atoms with Crippen LogP contribution in [0.2, 0.25) is 0 Å². The highest BCUT2D eigenvalue weighted by molar-refractivity contribution is 6.29. The summed E-state index contributed by atoms with van der Waals surface area (Å²) in [4.78, 5) is 11.1. The van der Waals surface area contributed by atoms with Crippen LogP contribution in [0, 0.1) is 0 Å². The highest BCUT2D eigenvalue weighted by Crippen LogP contribution is 2.24. The lowest BCUT2D eigenvalue weighted by Gasteiger charge is -2.22. The third kappa shape index (κ3) is 3.22. The molecule has 0 saturated heterocycles. The van der Waals surface area contributed by atoms with Gasteiger partial charge in [0.05, 0.1) is 6.61 Å². The number of alkyl halides is 1. The first kappa shape index (κ1) is 13.0. The van der Waals surface area contributed by atoms with E-state index in [1.807, 2.05) is 32.0 Å². The van der Waals surface area contributed by atoms with E-state index in [1.165, 1.54) is 0 Å². The zero-order valence-electron chi connectivity index (χ0n) is 9.46. The van der Waals surface area contributed by atoms with Gasteiger partial charge in [0.15, 0.2) is 0 Å². The predicted molar refractivity (Wildman–Crippen MR) is 65.9 cm³/mol. The molecule has 88 valence electrons. The summed E-state index contributed by atoms with van der Waals surface area (Å²) in [7, 11) is 0. The number of carbonyl (C=O) groups excluding carboxylic acids is 1. The molecule has 0 spiro atoms. The molecule has 3 nitrogen and oxygen atoms in total. The van der Waals surface area contributed by atoms with Crippen LogP contribution in [-0.2, 0) is 10.2 Å². The molecule has 1 aromatic carbocycles. The van der Waals surface area contributed by atoms with Crippen LogP contribution in [0.15, 0.2) is 24.3 Å². The number of aliphatic hydroxyl groups excluding tert-OH is 1. The molecule has 0 heterocycles. The first-order valence-electron chi connectivity index (χ1n) is 5.07. The van der Waals surface area contributed by atoms with Gasteiger partial charge >= 0.3 is 0 Å². The third-order valence-electron chi connectivity index (χ3n) is 2.44. The first-order chi connectivity index (χ1) is 7.49. The fourth-order valence-electron chi connectivity index (χ4n) is 1.30. The van der Waals surface area contributed by atoms with Crippen LogP contribution in [0.3, 0.4) is 0 Å². The number of benzene rings is 1. The number of hydrogen-bond acceptors (Lipinski definition) is 2. The standard InChI is InChI=1S/C12H16ClNO2/c1-12(2,8-15)9-4-3-5-10(6-9)14-11(16)7-13/h3-6,15H,7-8H2,1-2H3,(H,14,16). The van der Waals surface area contributed by atoms with E-state index in [-0.39, 0.29) is 23.8 Å². The molecule has 16 heavy (non-hydrogen) atoms. The molecule has 0 unspecified atom stereocenters. The molecule has 0 radical (unpaired) electrons. The van der Waals surface area contributed by atoms with E-state index < -0.39 is 0 Å². The minimum absolute atomic E-state index is 0.0555. The van der Waals surface area contributed by atoms with E-state index in [0.717, 1.165) is 5.56 Å². The Labute approximate surface area is 100 Å². The minimum Gasteiger partial charge on any atom is -0.395 e. The van der Waals surface area contributed by atoms with Gasteiger partial charge in [-0.25, -0.2) is 0 Å². The topological polar surface area (TPSA) is 49.3 Å². The Hall–Kier alpha value is -1.06. The fraction of sp³-hybridized carbons (Fsp3) is 0.417. The summed E-state index contributed by atoms with van der Waals surface area (Å²) in [6, 6.07) is 7.41. The zero-order valence-corrected chi connectivity index (χ0v) is 10.2. The Bertz CT molecular complexity index is 377. The molecule has 2 N–H and O–H groups in total. The molecule has 0 atom stereocenters. The number of carbonyl (C=O) groups is 1. The van der Waals surface area contributed by atoms with E-state index in [2.05, 4.69) is 5.32 Å². The van der Waals surface area contributed by atoms with Gasteiger partial charge in [-0.3, -0.25) is 4.79 Å².